The molecule has 0 fully saturated rings. The van der Waals surface area contributed by atoms with Gasteiger partial charge in [-0.15, -0.1) is 0 Å². The summed E-state index contributed by atoms with van der Waals surface area (Å²) in [6.07, 6.45) is 1.75. The number of nitrogens with zero attached hydrogens (tertiary/aromatic N) is 1. The number of ether oxygens (including phenoxy) is 1. The molecule has 0 amide bonds. The van der Waals surface area contributed by atoms with Crippen molar-refractivity contribution in [3.8, 4) is 5.75 Å². The van der Waals surface area contributed by atoms with Crippen LogP contribution in [0.4, 0.5) is 5.69 Å². The summed E-state index contributed by atoms with van der Waals surface area (Å²) in [4.78, 5) is -0.0690. The Balaban J connectivity index is 1.88. The van der Waals surface area contributed by atoms with Crippen molar-refractivity contribution in [3.63, 3.8) is 0 Å². The van der Waals surface area contributed by atoms with Gasteiger partial charge in [0.05, 0.1) is 18.4 Å². The zero-order valence-corrected chi connectivity index (χ0v) is 17.2. The van der Waals surface area contributed by atoms with Gasteiger partial charge in [0.2, 0.25) is 10.0 Å². The molecule has 2 aromatic rings. The molecule has 0 bridgehead atoms. The molecular formula is C17H19ClN2O5S2. The maximum absolute atomic E-state index is 12.7. The minimum Gasteiger partial charge on any atom is -0.497 e. The first kappa shape index (κ1) is 19.9. The van der Waals surface area contributed by atoms with Crippen LogP contribution in [0.25, 0.3) is 0 Å². The molecule has 27 heavy (non-hydrogen) atoms. The first-order valence-corrected chi connectivity index (χ1v) is 11.7. The standard InChI is InChI=1S/C17H19ClN2O5S2/c1-25-15-5-6-17(16(18)10-15)27(23,24)19-14-4-3-12-7-8-20(26(2,21)22)11-13(12)9-14/h3-6,9-10,19H,7-8,11H2,1-2H3. The number of anilines is 1. The Bertz CT molecular complexity index is 1080. The molecule has 3 rings (SSSR count). The molecule has 0 aromatic heterocycles. The van der Waals surface area contributed by atoms with E-state index in [9.17, 15) is 16.8 Å². The van der Waals surface area contributed by atoms with E-state index in [-0.39, 0.29) is 16.5 Å². The summed E-state index contributed by atoms with van der Waals surface area (Å²) in [5.74, 6) is 0.452. The summed E-state index contributed by atoms with van der Waals surface area (Å²) in [5, 5.41) is 0.0445. The minimum atomic E-state index is -3.91. The van der Waals surface area contributed by atoms with Crippen molar-refractivity contribution in [2.24, 2.45) is 0 Å². The number of halogens is 1. The van der Waals surface area contributed by atoms with Gasteiger partial charge in [-0.1, -0.05) is 17.7 Å². The molecule has 0 radical (unpaired) electrons. The number of methoxy groups -OCH3 is 1. The van der Waals surface area contributed by atoms with Crippen LogP contribution in [0.2, 0.25) is 5.02 Å². The lowest BCUT2D eigenvalue weighted by atomic mass is 10.0. The molecule has 0 spiro atoms. The zero-order chi connectivity index (χ0) is 19.8. The van der Waals surface area contributed by atoms with Crippen LogP contribution in [0.1, 0.15) is 11.1 Å². The lowest BCUT2D eigenvalue weighted by Gasteiger charge is -2.27. The van der Waals surface area contributed by atoms with E-state index in [4.69, 9.17) is 16.3 Å². The van der Waals surface area contributed by atoms with Gasteiger partial charge in [-0.05, 0) is 41.8 Å². The number of fused-ring (bicyclic) bond motifs is 1. The highest BCUT2D eigenvalue weighted by atomic mass is 35.5. The molecule has 7 nitrogen and oxygen atoms in total. The Morgan fingerprint density at radius 1 is 1.07 bits per heavy atom. The van der Waals surface area contributed by atoms with Crippen LogP contribution >= 0.6 is 11.6 Å². The van der Waals surface area contributed by atoms with Crippen molar-refractivity contribution >= 4 is 37.3 Å². The molecule has 10 heteroatoms. The van der Waals surface area contributed by atoms with Gasteiger partial charge in [-0.2, -0.15) is 4.31 Å². The van der Waals surface area contributed by atoms with E-state index in [1.54, 1.807) is 12.1 Å². The average Bonchev–Trinajstić information content (AvgIpc) is 2.59. The number of benzene rings is 2. The minimum absolute atomic E-state index is 0.0445. The topological polar surface area (TPSA) is 92.8 Å². The molecule has 0 aliphatic carbocycles. The Kier molecular flexibility index (Phi) is 5.40. The first-order valence-electron chi connectivity index (χ1n) is 8.03. The molecule has 1 aliphatic heterocycles. The predicted molar refractivity (Wildman–Crippen MR) is 104 cm³/mol. The van der Waals surface area contributed by atoms with Gasteiger partial charge in [0, 0.05) is 24.8 Å². The zero-order valence-electron chi connectivity index (χ0n) is 14.8. The second kappa shape index (κ2) is 7.31. The molecule has 1 aliphatic rings. The fourth-order valence-corrected chi connectivity index (χ4v) is 5.30. The van der Waals surface area contributed by atoms with Crippen molar-refractivity contribution in [2.45, 2.75) is 17.9 Å². The molecule has 0 saturated heterocycles. The molecule has 0 unspecified atom stereocenters. The van der Waals surface area contributed by atoms with Crippen molar-refractivity contribution in [1.82, 2.24) is 4.31 Å². The normalized spacial score (nSPS) is 15.2. The lowest BCUT2D eigenvalue weighted by molar-refractivity contribution is 0.395. The highest BCUT2D eigenvalue weighted by Gasteiger charge is 2.24. The fourth-order valence-electron chi connectivity index (χ4n) is 2.91. The molecule has 0 saturated carbocycles. The smallest absolute Gasteiger partial charge is 0.263 e. The van der Waals surface area contributed by atoms with E-state index < -0.39 is 20.0 Å². The van der Waals surface area contributed by atoms with Gasteiger partial charge >= 0.3 is 0 Å². The number of nitrogens with one attached hydrogen (secondary N) is 1. The quantitative estimate of drug-likeness (QED) is 0.786. The molecular weight excluding hydrogens is 412 g/mol. The SMILES string of the molecule is COc1ccc(S(=O)(=O)Nc2ccc3c(c2)CN(S(C)(=O)=O)CC3)c(Cl)c1. The van der Waals surface area contributed by atoms with E-state index in [1.165, 1.54) is 29.6 Å². The Morgan fingerprint density at radius 3 is 2.44 bits per heavy atom. The van der Waals surface area contributed by atoms with Gasteiger partial charge in [0.15, 0.2) is 0 Å². The van der Waals surface area contributed by atoms with Crippen LogP contribution in [0.15, 0.2) is 41.3 Å². The second-order valence-corrected chi connectivity index (χ2v) is 10.3. The number of rotatable bonds is 5. The van der Waals surface area contributed by atoms with Crippen LogP contribution in [-0.2, 0) is 33.0 Å². The fraction of sp³-hybridized carbons (Fsp3) is 0.294. The summed E-state index contributed by atoms with van der Waals surface area (Å²) < 4.78 is 57.8. The van der Waals surface area contributed by atoms with E-state index in [1.807, 2.05) is 6.07 Å². The Morgan fingerprint density at radius 2 is 1.81 bits per heavy atom. The third-order valence-corrected chi connectivity index (χ3v) is 7.45. The molecule has 146 valence electrons. The summed E-state index contributed by atoms with van der Waals surface area (Å²) >= 11 is 6.07. The van der Waals surface area contributed by atoms with Crippen LogP contribution in [-0.4, -0.2) is 41.1 Å². The molecule has 0 atom stereocenters. The van der Waals surface area contributed by atoms with Crippen LogP contribution in [0, 0.1) is 0 Å². The van der Waals surface area contributed by atoms with E-state index in [2.05, 4.69) is 4.72 Å². The van der Waals surface area contributed by atoms with Crippen molar-refractivity contribution < 1.29 is 21.6 Å². The molecule has 1 heterocycles. The summed E-state index contributed by atoms with van der Waals surface area (Å²) in [5.41, 5.74) is 2.11. The maximum Gasteiger partial charge on any atom is 0.263 e. The average molecular weight is 431 g/mol. The number of sulfonamides is 2. The van der Waals surface area contributed by atoms with E-state index in [0.29, 0.717) is 24.4 Å². The second-order valence-electron chi connectivity index (χ2n) is 6.23. The summed E-state index contributed by atoms with van der Waals surface area (Å²) in [7, 11) is -5.75. The van der Waals surface area contributed by atoms with Gasteiger partial charge in [-0.3, -0.25) is 4.72 Å². The van der Waals surface area contributed by atoms with Crippen LogP contribution in [0.5, 0.6) is 5.75 Å². The number of hydrogen-bond donors (Lipinski definition) is 1. The Labute approximate surface area is 164 Å². The first-order chi connectivity index (χ1) is 12.6. The van der Waals surface area contributed by atoms with Gasteiger partial charge in [0.1, 0.15) is 10.6 Å². The lowest BCUT2D eigenvalue weighted by Crippen LogP contribution is -2.35. The highest BCUT2D eigenvalue weighted by Crippen LogP contribution is 2.29. The molecule has 2 aromatic carbocycles. The van der Waals surface area contributed by atoms with Crippen molar-refractivity contribution in [2.75, 3.05) is 24.6 Å². The van der Waals surface area contributed by atoms with Crippen LogP contribution in [0.3, 0.4) is 0 Å². The Hall–Kier alpha value is -1.81. The van der Waals surface area contributed by atoms with Gasteiger partial charge < -0.3 is 4.74 Å². The highest BCUT2D eigenvalue weighted by molar-refractivity contribution is 7.92. The third kappa shape index (κ3) is 4.37. The number of hydrogen-bond acceptors (Lipinski definition) is 5. The largest absolute Gasteiger partial charge is 0.497 e. The summed E-state index contributed by atoms with van der Waals surface area (Å²) in [6.45, 7) is 0.630. The van der Waals surface area contributed by atoms with E-state index >= 15 is 0 Å². The monoisotopic (exact) mass is 430 g/mol. The van der Waals surface area contributed by atoms with Gasteiger partial charge in [-0.25, -0.2) is 16.8 Å². The summed E-state index contributed by atoms with van der Waals surface area (Å²) in [6, 6.07) is 9.42. The predicted octanol–water partition coefficient (Wildman–Crippen LogP) is 2.47. The van der Waals surface area contributed by atoms with Gasteiger partial charge in [0.25, 0.3) is 10.0 Å². The third-order valence-electron chi connectivity index (χ3n) is 4.33. The van der Waals surface area contributed by atoms with Crippen LogP contribution < -0.4 is 9.46 Å². The van der Waals surface area contributed by atoms with E-state index in [0.717, 1.165) is 17.4 Å². The molecule has 1 N–H and O–H groups in total. The maximum atomic E-state index is 12.7. The van der Waals surface area contributed by atoms with Crippen molar-refractivity contribution in [3.05, 3.63) is 52.5 Å². The van der Waals surface area contributed by atoms with Crippen molar-refractivity contribution in [1.29, 1.82) is 0 Å².